The van der Waals surface area contributed by atoms with E-state index in [4.69, 9.17) is 0 Å². The molecule has 11 heavy (non-hydrogen) atoms. The van der Waals surface area contributed by atoms with Gasteiger partial charge in [-0.25, -0.2) is 4.79 Å². The first-order valence-corrected chi connectivity index (χ1v) is 4.11. The van der Waals surface area contributed by atoms with Crippen LogP contribution in [0.2, 0.25) is 0 Å². The van der Waals surface area contributed by atoms with E-state index in [0.29, 0.717) is 0 Å². The fraction of sp³-hybridized carbons (Fsp3) is 0.875. The highest BCUT2D eigenvalue weighted by Crippen LogP contribution is 2.15. The Morgan fingerprint density at radius 1 is 1.09 bits per heavy atom. The van der Waals surface area contributed by atoms with E-state index in [1.165, 1.54) is 45.6 Å². The van der Waals surface area contributed by atoms with Gasteiger partial charge in [0.05, 0.1) is 7.11 Å². The zero-order valence-corrected chi connectivity index (χ0v) is 7.14. The van der Waals surface area contributed by atoms with E-state index in [1.54, 1.807) is 0 Å². The third-order valence-corrected chi connectivity index (χ3v) is 1.70. The lowest BCUT2D eigenvalue weighted by Crippen LogP contribution is -2.08. The molecule has 0 aliphatic heterocycles. The lowest BCUT2D eigenvalue weighted by molar-refractivity contribution is 0.182. The number of primary amides is 1. The second-order valence-corrected chi connectivity index (χ2v) is 2.64. The largest absolute Gasteiger partial charge is 0.453 e. The van der Waals surface area contributed by atoms with Crippen LogP contribution >= 0.6 is 0 Å². The number of carbonyl (C=O) groups excluding carboxylic acids is 1. The molecule has 0 radical (unpaired) electrons. The monoisotopic (exact) mass is 159 g/mol. The average Bonchev–Trinajstić information content (AvgIpc) is 2.09. The Morgan fingerprint density at radius 3 is 1.36 bits per heavy atom. The van der Waals surface area contributed by atoms with Gasteiger partial charge in [0.25, 0.3) is 0 Å². The number of rotatable bonds is 0. The summed E-state index contributed by atoms with van der Waals surface area (Å²) in [6.45, 7) is 0. The van der Waals surface area contributed by atoms with Crippen LogP contribution in [0.5, 0.6) is 0 Å². The van der Waals surface area contributed by atoms with Gasteiger partial charge < -0.3 is 10.5 Å². The van der Waals surface area contributed by atoms with Crippen LogP contribution in [-0.2, 0) is 4.74 Å². The van der Waals surface area contributed by atoms with Crippen molar-refractivity contribution >= 4 is 6.09 Å². The van der Waals surface area contributed by atoms with E-state index in [9.17, 15) is 4.79 Å². The molecule has 0 aromatic carbocycles. The highest BCUT2D eigenvalue weighted by Gasteiger charge is 1.95. The van der Waals surface area contributed by atoms with Crippen molar-refractivity contribution in [3.8, 4) is 0 Å². The van der Waals surface area contributed by atoms with Crippen LogP contribution < -0.4 is 5.73 Å². The maximum Gasteiger partial charge on any atom is 0.404 e. The quantitative estimate of drug-likeness (QED) is 0.588. The molecule has 0 aromatic rings. The van der Waals surface area contributed by atoms with E-state index >= 15 is 0 Å². The molecule has 0 unspecified atom stereocenters. The third kappa shape index (κ3) is 9.27. The van der Waals surface area contributed by atoms with Crippen molar-refractivity contribution in [1.29, 1.82) is 0 Å². The van der Waals surface area contributed by atoms with Gasteiger partial charge in [-0.05, 0) is 0 Å². The summed E-state index contributed by atoms with van der Waals surface area (Å²) >= 11 is 0. The van der Waals surface area contributed by atoms with Gasteiger partial charge in [-0.15, -0.1) is 0 Å². The Labute approximate surface area is 67.9 Å². The second-order valence-electron chi connectivity index (χ2n) is 2.64. The number of carbonyl (C=O) groups is 1. The van der Waals surface area contributed by atoms with Crippen LogP contribution in [0.3, 0.4) is 0 Å². The average molecular weight is 159 g/mol. The molecule has 0 heterocycles. The molecule has 1 fully saturated rings. The molecular weight excluding hydrogens is 142 g/mol. The molecule has 0 atom stereocenters. The van der Waals surface area contributed by atoms with E-state index in [2.05, 4.69) is 10.5 Å². The van der Waals surface area contributed by atoms with Crippen molar-refractivity contribution in [2.45, 2.75) is 38.5 Å². The molecule has 1 aliphatic carbocycles. The highest BCUT2D eigenvalue weighted by atomic mass is 16.5. The van der Waals surface area contributed by atoms with E-state index in [0.717, 1.165) is 0 Å². The van der Waals surface area contributed by atoms with Gasteiger partial charge in [0, 0.05) is 0 Å². The molecule has 0 aromatic heterocycles. The molecular formula is C8H17NO2. The molecule has 0 saturated heterocycles. The summed E-state index contributed by atoms with van der Waals surface area (Å²) in [4.78, 5) is 9.37. The summed E-state index contributed by atoms with van der Waals surface area (Å²) in [6, 6.07) is 0. The maximum absolute atomic E-state index is 9.37. The van der Waals surface area contributed by atoms with E-state index < -0.39 is 6.09 Å². The van der Waals surface area contributed by atoms with Crippen molar-refractivity contribution in [2.75, 3.05) is 7.11 Å². The number of methoxy groups -OCH3 is 1. The number of hydrogen-bond acceptors (Lipinski definition) is 2. The lowest BCUT2D eigenvalue weighted by Gasteiger charge is -2.05. The molecule has 3 nitrogen and oxygen atoms in total. The van der Waals surface area contributed by atoms with E-state index in [1.807, 2.05) is 0 Å². The molecule has 66 valence electrons. The van der Waals surface area contributed by atoms with Gasteiger partial charge in [0.15, 0.2) is 0 Å². The number of hydrogen-bond donors (Lipinski definition) is 1. The van der Waals surface area contributed by atoms with Crippen molar-refractivity contribution in [1.82, 2.24) is 0 Å². The fourth-order valence-corrected chi connectivity index (χ4v) is 1.06. The predicted octanol–water partition coefficient (Wildman–Crippen LogP) is 2.05. The van der Waals surface area contributed by atoms with Gasteiger partial charge in [-0.3, -0.25) is 0 Å². The highest BCUT2D eigenvalue weighted by molar-refractivity contribution is 5.64. The van der Waals surface area contributed by atoms with E-state index in [-0.39, 0.29) is 0 Å². The first-order chi connectivity index (χ1) is 5.27. The summed E-state index contributed by atoms with van der Waals surface area (Å²) in [5, 5.41) is 0. The molecule has 1 aliphatic rings. The SMILES string of the molecule is C1CCCCC1.COC(N)=O. The molecule has 0 bridgehead atoms. The van der Waals surface area contributed by atoms with Gasteiger partial charge in [-0.2, -0.15) is 0 Å². The summed E-state index contributed by atoms with van der Waals surface area (Å²) in [5.41, 5.74) is 4.43. The first-order valence-electron chi connectivity index (χ1n) is 4.11. The number of amides is 1. The second kappa shape index (κ2) is 7.38. The molecule has 1 saturated carbocycles. The van der Waals surface area contributed by atoms with Gasteiger partial charge >= 0.3 is 6.09 Å². The minimum atomic E-state index is -0.745. The van der Waals surface area contributed by atoms with Crippen LogP contribution in [0.4, 0.5) is 4.79 Å². The summed E-state index contributed by atoms with van der Waals surface area (Å²) in [5.74, 6) is 0. The molecule has 1 amide bonds. The third-order valence-electron chi connectivity index (χ3n) is 1.70. The molecule has 3 heteroatoms. The van der Waals surface area contributed by atoms with Gasteiger partial charge in [0.2, 0.25) is 0 Å². The van der Waals surface area contributed by atoms with Crippen LogP contribution in [0.1, 0.15) is 38.5 Å². The van der Waals surface area contributed by atoms with Crippen molar-refractivity contribution < 1.29 is 9.53 Å². The van der Waals surface area contributed by atoms with Crippen molar-refractivity contribution in [3.05, 3.63) is 0 Å². The number of nitrogens with two attached hydrogens (primary N) is 1. The smallest absolute Gasteiger partial charge is 0.404 e. The van der Waals surface area contributed by atoms with Crippen LogP contribution in [0.25, 0.3) is 0 Å². The van der Waals surface area contributed by atoms with Crippen LogP contribution in [0, 0.1) is 0 Å². The summed E-state index contributed by atoms with van der Waals surface area (Å²) in [6.07, 6.45) is 8.25. The van der Waals surface area contributed by atoms with Crippen molar-refractivity contribution in [2.24, 2.45) is 5.73 Å². The van der Waals surface area contributed by atoms with Gasteiger partial charge in [-0.1, -0.05) is 38.5 Å². The molecule has 0 spiro atoms. The van der Waals surface area contributed by atoms with Crippen molar-refractivity contribution in [3.63, 3.8) is 0 Å². The Bertz CT molecular complexity index is 88.8. The Hall–Kier alpha value is -0.730. The maximum atomic E-state index is 9.37. The zero-order chi connectivity index (χ0) is 8.53. The fourth-order valence-electron chi connectivity index (χ4n) is 1.06. The first kappa shape index (κ1) is 10.3. The molecule has 1 rings (SSSR count). The molecule has 2 N–H and O–H groups in total. The normalized spacial score (nSPS) is 16.1. The lowest BCUT2D eigenvalue weighted by atomic mass is 10.0. The number of ether oxygens (including phenoxy) is 1. The minimum absolute atomic E-state index is 0.745. The Kier molecular flexibility index (Phi) is 6.89. The Morgan fingerprint density at radius 2 is 1.27 bits per heavy atom. The summed E-state index contributed by atoms with van der Waals surface area (Å²) in [7, 11) is 1.22. The summed E-state index contributed by atoms with van der Waals surface area (Å²) < 4.78 is 3.89. The van der Waals surface area contributed by atoms with Crippen LogP contribution in [-0.4, -0.2) is 13.2 Å². The van der Waals surface area contributed by atoms with Gasteiger partial charge in [0.1, 0.15) is 0 Å². The Balaban J connectivity index is 0.000000187. The standard InChI is InChI=1S/C6H12.C2H5NO2/c1-2-4-6-5-3-1;1-5-2(3)4/h1-6H2;1H3,(H2,3,4). The minimum Gasteiger partial charge on any atom is -0.453 e. The zero-order valence-electron chi connectivity index (χ0n) is 7.14. The topological polar surface area (TPSA) is 52.3 Å². The van der Waals surface area contributed by atoms with Crippen LogP contribution in [0.15, 0.2) is 0 Å². The predicted molar refractivity (Wildman–Crippen MR) is 44.3 cm³/mol.